The normalized spacial score (nSPS) is 19.4. The summed E-state index contributed by atoms with van der Waals surface area (Å²) in [5.74, 6) is 0.857. The van der Waals surface area contributed by atoms with Gasteiger partial charge in [-0.2, -0.15) is 0 Å². The number of anilines is 1. The molecule has 1 N–H and O–H groups in total. The Balaban J connectivity index is 1.82. The summed E-state index contributed by atoms with van der Waals surface area (Å²) in [7, 11) is 0. The van der Waals surface area contributed by atoms with Gasteiger partial charge in [0.15, 0.2) is 5.60 Å². The monoisotopic (exact) mass is 419 g/mol. The summed E-state index contributed by atoms with van der Waals surface area (Å²) in [6.45, 7) is 7.81. The van der Waals surface area contributed by atoms with E-state index in [0.29, 0.717) is 18.1 Å². The smallest absolute Gasteiger partial charge is 0.151 e. The highest BCUT2D eigenvalue weighted by Gasteiger charge is 2.50. The fraction of sp³-hybridized carbons (Fsp3) is 0.308. The number of phenolic OH excluding ortho intramolecular Hbond substituents is 1. The van der Waals surface area contributed by atoms with Crippen LogP contribution < -0.4 is 9.64 Å². The molecule has 1 spiro atoms. The highest BCUT2D eigenvalue weighted by Crippen LogP contribution is 2.58. The first kappa shape index (κ1) is 19.9. The molecule has 2 aliphatic heterocycles. The van der Waals surface area contributed by atoms with Crippen LogP contribution in [0.3, 0.4) is 0 Å². The molecule has 2 atom stereocenters. The molecule has 2 aliphatic rings. The number of rotatable bonds is 4. The van der Waals surface area contributed by atoms with Crippen LogP contribution in [0.15, 0.2) is 54.6 Å². The molecule has 0 bridgehead atoms. The molecule has 0 amide bonds. The van der Waals surface area contributed by atoms with Crippen LogP contribution in [0.1, 0.15) is 54.8 Å². The molecule has 160 valence electrons. The summed E-state index contributed by atoms with van der Waals surface area (Å²) in [4.78, 5) is 2.23. The van der Waals surface area contributed by atoms with Crippen molar-refractivity contribution in [2.75, 3.05) is 18.0 Å². The van der Waals surface area contributed by atoms with Gasteiger partial charge in [-0.3, -0.25) is 0 Å². The van der Waals surface area contributed by atoms with E-state index >= 15 is 0 Å². The van der Waals surface area contributed by atoms with Crippen LogP contribution in [0.4, 0.5) is 10.1 Å². The largest absolute Gasteiger partial charge is 0.507 e. The Morgan fingerprint density at radius 3 is 2.52 bits per heavy atom. The van der Waals surface area contributed by atoms with Crippen molar-refractivity contribution in [3.63, 3.8) is 0 Å². The molecule has 0 aliphatic carbocycles. The van der Waals surface area contributed by atoms with E-state index in [0.717, 1.165) is 41.0 Å². The Hall–Kier alpha value is -3.05. The van der Waals surface area contributed by atoms with Crippen LogP contribution in [0.2, 0.25) is 0 Å². The first-order valence-corrected chi connectivity index (χ1v) is 10.8. The lowest BCUT2D eigenvalue weighted by atomic mass is 9.76. The van der Waals surface area contributed by atoms with Gasteiger partial charge in [-0.05, 0) is 56.2 Å². The SMILES string of the molecule is CCN(CC)c1ccc2c(c1)Oc1c(ccc(O)c1C(C)F)C21OCc2ccccc21. The molecule has 2 unspecified atom stereocenters. The Kier molecular flexibility index (Phi) is 4.67. The third-order valence-electron chi connectivity index (χ3n) is 6.48. The van der Waals surface area contributed by atoms with E-state index in [4.69, 9.17) is 9.47 Å². The number of hydrogen-bond acceptors (Lipinski definition) is 4. The third kappa shape index (κ3) is 2.76. The van der Waals surface area contributed by atoms with Crippen LogP contribution in [0.25, 0.3) is 0 Å². The summed E-state index contributed by atoms with van der Waals surface area (Å²) in [5, 5.41) is 10.5. The lowest BCUT2D eigenvalue weighted by Crippen LogP contribution is -2.33. The predicted molar refractivity (Wildman–Crippen MR) is 119 cm³/mol. The second-order valence-corrected chi connectivity index (χ2v) is 8.07. The zero-order valence-corrected chi connectivity index (χ0v) is 18.0. The third-order valence-corrected chi connectivity index (χ3v) is 6.48. The lowest BCUT2D eigenvalue weighted by Gasteiger charge is -2.39. The molecule has 5 rings (SSSR count). The van der Waals surface area contributed by atoms with Gasteiger partial charge in [0.2, 0.25) is 0 Å². The number of hydrogen-bond donors (Lipinski definition) is 1. The molecular weight excluding hydrogens is 393 g/mol. The number of nitrogens with zero attached hydrogens (tertiary/aromatic N) is 1. The Labute approximate surface area is 181 Å². The number of alkyl halides is 1. The fourth-order valence-electron chi connectivity index (χ4n) is 4.99. The molecule has 4 nitrogen and oxygen atoms in total. The minimum Gasteiger partial charge on any atom is -0.507 e. The van der Waals surface area contributed by atoms with Gasteiger partial charge in [0, 0.05) is 36.0 Å². The summed E-state index contributed by atoms with van der Waals surface area (Å²) in [6.07, 6.45) is -1.39. The van der Waals surface area contributed by atoms with E-state index in [-0.39, 0.29) is 11.3 Å². The summed E-state index contributed by atoms with van der Waals surface area (Å²) in [6, 6.07) is 17.6. The van der Waals surface area contributed by atoms with Crippen molar-refractivity contribution in [1.29, 1.82) is 0 Å². The molecule has 3 aromatic rings. The van der Waals surface area contributed by atoms with E-state index in [2.05, 4.69) is 43.0 Å². The first-order valence-electron chi connectivity index (χ1n) is 10.8. The summed E-state index contributed by atoms with van der Waals surface area (Å²) >= 11 is 0. The lowest BCUT2D eigenvalue weighted by molar-refractivity contribution is 0.0196. The van der Waals surface area contributed by atoms with Crippen molar-refractivity contribution >= 4 is 5.69 Å². The Morgan fingerprint density at radius 1 is 1.03 bits per heavy atom. The van der Waals surface area contributed by atoms with Gasteiger partial charge < -0.3 is 19.5 Å². The van der Waals surface area contributed by atoms with Gasteiger partial charge in [-0.1, -0.05) is 24.3 Å². The van der Waals surface area contributed by atoms with E-state index in [1.54, 1.807) is 6.07 Å². The summed E-state index contributed by atoms with van der Waals surface area (Å²) in [5.41, 5.74) is 4.02. The zero-order valence-electron chi connectivity index (χ0n) is 18.0. The molecule has 2 heterocycles. The van der Waals surface area contributed by atoms with Crippen molar-refractivity contribution in [1.82, 2.24) is 0 Å². The minimum absolute atomic E-state index is 0.112. The van der Waals surface area contributed by atoms with Gasteiger partial charge in [0.1, 0.15) is 23.4 Å². The molecular formula is C26H26FNO3. The number of phenols is 1. The second-order valence-electron chi connectivity index (χ2n) is 8.07. The van der Waals surface area contributed by atoms with Crippen molar-refractivity contribution in [2.24, 2.45) is 0 Å². The van der Waals surface area contributed by atoms with E-state index in [1.165, 1.54) is 13.0 Å². The van der Waals surface area contributed by atoms with Crippen molar-refractivity contribution in [3.05, 3.63) is 82.4 Å². The number of ether oxygens (including phenoxy) is 2. The molecule has 0 saturated carbocycles. The van der Waals surface area contributed by atoms with E-state index in [1.807, 2.05) is 18.2 Å². The maximum absolute atomic E-state index is 14.7. The molecule has 31 heavy (non-hydrogen) atoms. The van der Waals surface area contributed by atoms with Gasteiger partial charge in [0.05, 0.1) is 12.2 Å². The first-order chi connectivity index (χ1) is 15.0. The topological polar surface area (TPSA) is 41.9 Å². The Bertz CT molecular complexity index is 1160. The molecule has 5 heteroatoms. The van der Waals surface area contributed by atoms with Gasteiger partial charge in [-0.15, -0.1) is 0 Å². The van der Waals surface area contributed by atoms with Crippen LogP contribution in [-0.2, 0) is 16.9 Å². The Morgan fingerprint density at radius 2 is 1.77 bits per heavy atom. The molecule has 3 aromatic carbocycles. The maximum atomic E-state index is 14.7. The highest BCUT2D eigenvalue weighted by atomic mass is 19.1. The van der Waals surface area contributed by atoms with Crippen molar-refractivity contribution in [3.8, 4) is 17.2 Å². The standard InChI is InChI=1S/C26H26FNO3/c1-4-28(5-2)18-10-11-20-23(14-18)31-25-21(12-13-22(29)24(25)16(3)27)26(20)19-9-7-6-8-17(19)15-30-26/h6-14,16,29H,4-5,15H2,1-3H3. The molecule has 0 radical (unpaired) electrons. The quantitative estimate of drug-likeness (QED) is 0.547. The fourth-order valence-corrected chi connectivity index (χ4v) is 4.99. The number of aromatic hydroxyl groups is 1. The average molecular weight is 419 g/mol. The van der Waals surface area contributed by atoms with Gasteiger partial charge in [-0.25, -0.2) is 4.39 Å². The predicted octanol–water partition coefficient (Wildman–Crippen LogP) is 6.20. The highest BCUT2D eigenvalue weighted by molar-refractivity contribution is 5.69. The van der Waals surface area contributed by atoms with Crippen molar-refractivity contribution < 1.29 is 19.0 Å². The number of halogens is 1. The minimum atomic E-state index is -1.39. The van der Waals surface area contributed by atoms with Crippen LogP contribution in [-0.4, -0.2) is 18.2 Å². The van der Waals surface area contributed by atoms with Crippen LogP contribution >= 0.6 is 0 Å². The number of benzene rings is 3. The van der Waals surface area contributed by atoms with Gasteiger partial charge in [0.25, 0.3) is 0 Å². The summed E-state index contributed by atoms with van der Waals surface area (Å²) < 4.78 is 27.5. The average Bonchev–Trinajstić information content (AvgIpc) is 3.14. The van der Waals surface area contributed by atoms with Crippen LogP contribution in [0, 0.1) is 0 Å². The van der Waals surface area contributed by atoms with Crippen LogP contribution in [0.5, 0.6) is 17.2 Å². The molecule has 0 saturated heterocycles. The molecule has 0 fully saturated rings. The molecule has 0 aromatic heterocycles. The van der Waals surface area contributed by atoms with Crippen molar-refractivity contribution in [2.45, 2.75) is 39.2 Å². The van der Waals surface area contributed by atoms with Gasteiger partial charge >= 0.3 is 0 Å². The van der Waals surface area contributed by atoms with E-state index < -0.39 is 11.8 Å². The zero-order chi connectivity index (χ0) is 21.8. The maximum Gasteiger partial charge on any atom is 0.151 e. The van der Waals surface area contributed by atoms with E-state index in [9.17, 15) is 9.50 Å². The number of fused-ring (bicyclic) bond motifs is 6. The second kappa shape index (κ2) is 7.27.